The van der Waals surface area contributed by atoms with Gasteiger partial charge in [-0.05, 0) is 6.42 Å². The largest absolute Gasteiger partial charge is 0.213 e. The van der Waals surface area contributed by atoms with Crippen molar-refractivity contribution in [1.29, 1.82) is 0 Å². The first-order chi connectivity index (χ1) is 8.24. The molecule has 0 saturated carbocycles. The van der Waals surface area contributed by atoms with Crippen molar-refractivity contribution in [3.05, 3.63) is 11.2 Å². The maximum atomic E-state index is 5.96. The Hall–Kier alpha value is -0.450. The molecule has 6 heteroatoms. The Morgan fingerprint density at radius 3 is 2.65 bits per heavy atom. The Balaban J connectivity index is 2.02. The van der Waals surface area contributed by atoms with E-state index in [4.69, 9.17) is 23.2 Å². The first-order valence-electron chi connectivity index (χ1n) is 6.13. The second-order valence-electron chi connectivity index (χ2n) is 4.01. The van der Waals surface area contributed by atoms with Crippen LogP contribution in [0.5, 0.6) is 0 Å². The zero-order valence-electron chi connectivity index (χ0n) is 10.2. The summed E-state index contributed by atoms with van der Waals surface area (Å²) in [7, 11) is 0. The van der Waals surface area contributed by atoms with Crippen LogP contribution in [0.15, 0.2) is 16.3 Å². The quantitative estimate of drug-likeness (QED) is 0.529. The lowest BCUT2D eigenvalue weighted by molar-refractivity contribution is 0.178. The minimum absolute atomic E-state index is 0.354. The second kappa shape index (κ2) is 8.61. The predicted octanol–water partition coefficient (Wildman–Crippen LogP) is 3.30. The fourth-order valence-corrected chi connectivity index (χ4v) is 1.95. The number of allylic oxidation sites excluding steroid dienone is 1. The van der Waals surface area contributed by atoms with Gasteiger partial charge in [0.15, 0.2) is 5.17 Å². The molecule has 1 aliphatic heterocycles. The Kier molecular flexibility index (Phi) is 7.40. The van der Waals surface area contributed by atoms with Crippen molar-refractivity contribution >= 4 is 28.4 Å². The molecule has 4 nitrogen and oxygen atoms in total. The number of hydrogen-bond donors (Lipinski definition) is 2. The van der Waals surface area contributed by atoms with Gasteiger partial charge in [0, 0.05) is 12.6 Å². The molecule has 98 valence electrons. The molecule has 1 aliphatic rings. The van der Waals surface area contributed by atoms with E-state index in [0.717, 1.165) is 13.0 Å². The van der Waals surface area contributed by atoms with Gasteiger partial charge in [0.05, 0.1) is 0 Å². The molecule has 0 aromatic heterocycles. The van der Waals surface area contributed by atoms with E-state index in [1.165, 1.54) is 32.1 Å². The molecule has 0 aliphatic carbocycles. The average Bonchev–Trinajstić information content (AvgIpc) is 2.30. The van der Waals surface area contributed by atoms with Crippen LogP contribution in [0.1, 0.15) is 45.4 Å². The van der Waals surface area contributed by atoms with Gasteiger partial charge < -0.3 is 0 Å². The maximum absolute atomic E-state index is 5.96. The van der Waals surface area contributed by atoms with E-state index in [-0.39, 0.29) is 0 Å². The first-order valence-corrected chi connectivity index (χ1v) is 6.89. The molecule has 2 N–H and O–H groups in total. The van der Waals surface area contributed by atoms with Gasteiger partial charge in [-0.15, -0.1) is 5.10 Å². The standard InChI is InChI=1S/C11H20Cl2N4/c1-2-3-4-5-6-7-8-14-17-11(13)9-10(12)15-16-17/h9,14,16H,2-8H2,1H3. The average molecular weight is 279 g/mol. The minimum atomic E-state index is 0.354. The monoisotopic (exact) mass is 278 g/mol. The summed E-state index contributed by atoms with van der Waals surface area (Å²) in [6.45, 7) is 3.10. The molecule has 0 saturated heterocycles. The summed E-state index contributed by atoms with van der Waals surface area (Å²) in [5.41, 5.74) is 5.85. The number of nitrogens with zero attached hydrogens (tertiary/aromatic N) is 2. The van der Waals surface area contributed by atoms with Crippen molar-refractivity contribution < 1.29 is 0 Å². The molecular formula is C11H20Cl2N4. The van der Waals surface area contributed by atoms with E-state index in [2.05, 4.69) is 23.0 Å². The Bertz CT molecular complexity index is 279. The summed E-state index contributed by atoms with van der Waals surface area (Å²) in [6.07, 6.45) is 9.22. The molecule has 1 rings (SSSR count). The van der Waals surface area contributed by atoms with E-state index in [1.54, 1.807) is 11.2 Å². The van der Waals surface area contributed by atoms with Crippen LogP contribution >= 0.6 is 23.2 Å². The lowest BCUT2D eigenvalue weighted by Crippen LogP contribution is -2.46. The lowest BCUT2D eigenvalue weighted by atomic mass is 10.1. The van der Waals surface area contributed by atoms with Gasteiger partial charge in [-0.2, -0.15) is 5.12 Å². The topological polar surface area (TPSA) is 39.7 Å². The number of rotatable bonds is 8. The zero-order valence-corrected chi connectivity index (χ0v) is 11.7. The highest BCUT2D eigenvalue weighted by molar-refractivity contribution is 6.69. The van der Waals surface area contributed by atoms with Crippen LogP contribution in [0.25, 0.3) is 0 Å². The van der Waals surface area contributed by atoms with E-state index >= 15 is 0 Å². The summed E-state index contributed by atoms with van der Waals surface area (Å²) in [4.78, 5) is 0. The number of nitrogens with one attached hydrogen (secondary N) is 2. The van der Waals surface area contributed by atoms with Crippen LogP contribution in [-0.2, 0) is 0 Å². The summed E-state index contributed by atoms with van der Waals surface area (Å²) in [5, 5.41) is 6.26. The Morgan fingerprint density at radius 1 is 1.24 bits per heavy atom. The molecule has 0 bridgehead atoms. The van der Waals surface area contributed by atoms with Gasteiger partial charge in [0.1, 0.15) is 5.16 Å². The van der Waals surface area contributed by atoms with E-state index < -0.39 is 0 Å². The van der Waals surface area contributed by atoms with Gasteiger partial charge >= 0.3 is 0 Å². The Labute approximate surface area is 113 Å². The van der Waals surface area contributed by atoms with Crippen LogP contribution < -0.4 is 11.0 Å². The predicted molar refractivity (Wildman–Crippen MR) is 73.6 cm³/mol. The third-order valence-corrected chi connectivity index (χ3v) is 2.98. The van der Waals surface area contributed by atoms with Gasteiger partial charge in [-0.25, -0.2) is 11.0 Å². The molecule has 0 spiro atoms. The number of halogens is 2. The summed E-state index contributed by atoms with van der Waals surface area (Å²) in [6, 6.07) is 0. The van der Waals surface area contributed by atoms with Crippen molar-refractivity contribution in [3.8, 4) is 0 Å². The maximum Gasteiger partial charge on any atom is 0.154 e. The minimum Gasteiger partial charge on any atom is -0.213 e. The zero-order chi connectivity index (χ0) is 12.5. The fourth-order valence-electron chi connectivity index (χ4n) is 1.55. The van der Waals surface area contributed by atoms with Crippen LogP contribution in [0, 0.1) is 0 Å². The molecule has 0 aromatic rings. The SMILES string of the molecule is CCCCCCCCNN1NN=C(Cl)C=C1Cl. The van der Waals surface area contributed by atoms with E-state index in [0.29, 0.717) is 10.3 Å². The Morgan fingerprint density at radius 2 is 1.94 bits per heavy atom. The lowest BCUT2D eigenvalue weighted by Gasteiger charge is -2.25. The smallest absolute Gasteiger partial charge is 0.154 e. The molecule has 0 amide bonds. The fraction of sp³-hybridized carbons (Fsp3) is 0.727. The van der Waals surface area contributed by atoms with E-state index in [9.17, 15) is 0 Å². The van der Waals surface area contributed by atoms with E-state index in [1.807, 2.05) is 0 Å². The van der Waals surface area contributed by atoms with Crippen LogP contribution in [0.3, 0.4) is 0 Å². The molecule has 0 atom stereocenters. The normalized spacial score (nSPS) is 15.4. The molecule has 0 fully saturated rings. The number of hydrazone groups is 1. The summed E-state index contributed by atoms with van der Waals surface area (Å²) >= 11 is 11.6. The van der Waals surface area contributed by atoms with Crippen molar-refractivity contribution in [3.63, 3.8) is 0 Å². The van der Waals surface area contributed by atoms with Crippen LogP contribution in [-0.4, -0.2) is 16.8 Å². The number of unbranched alkanes of at least 4 members (excludes halogenated alkanes) is 5. The van der Waals surface area contributed by atoms with Gasteiger partial charge in [0.2, 0.25) is 0 Å². The molecule has 0 radical (unpaired) electrons. The third-order valence-electron chi connectivity index (χ3n) is 2.51. The van der Waals surface area contributed by atoms with Crippen LogP contribution in [0.2, 0.25) is 0 Å². The summed E-state index contributed by atoms with van der Waals surface area (Å²) < 4.78 is 0. The van der Waals surface area contributed by atoms with Gasteiger partial charge in [-0.1, -0.05) is 62.2 Å². The highest BCUT2D eigenvalue weighted by Gasteiger charge is 2.10. The summed E-state index contributed by atoms with van der Waals surface area (Å²) in [5.74, 6) is 0. The van der Waals surface area contributed by atoms with Crippen molar-refractivity contribution in [1.82, 2.24) is 16.1 Å². The van der Waals surface area contributed by atoms with Gasteiger partial charge in [0.25, 0.3) is 0 Å². The molecule has 0 aromatic carbocycles. The van der Waals surface area contributed by atoms with Crippen molar-refractivity contribution in [2.75, 3.05) is 6.54 Å². The molecule has 1 heterocycles. The third kappa shape index (κ3) is 6.15. The first kappa shape index (κ1) is 14.6. The van der Waals surface area contributed by atoms with Crippen molar-refractivity contribution in [2.45, 2.75) is 45.4 Å². The highest BCUT2D eigenvalue weighted by atomic mass is 35.5. The molecule has 17 heavy (non-hydrogen) atoms. The molecular weight excluding hydrogens is 259 g/mol. The second-order valence-corrected chi connectivity index (χ2v) is 4.79. The van der Waals surface area contributed by atoms with Crippen LogP contribution in [0.4, 0.5) is 0 Å². The highest BCUT2D eigenvalue weighted by Crippen LogP contribution is 2.10. The number of hydrogen-bond acceptors (Lipinski definition) is 4. The van der Waals surface area contributed by atoms with Gasteiger partial charge in [-0.3, -0.25) is 0 Å². The van der Waals surface area contributed by atoms with Crippen molar-refractivity contribution in [2.24, 2.45) is 5.10 Å². The number of hydrazine groups is 2. The molecule has 0 unspecified atom stereocenters.